The van der Waals surface area contributed by atoms with Crippen LogP contribution in [0.25, 0.3) is 10.8 Å². The molecule has 1 N–H and O–H groups in total. The molecule has 38 heavy (non-hydrogen) atoms. The number of carbonyl (C=O) groups excluding carboxylic acids is 3. The van der Waals surface area contributed by atoms with Gasteiger partial charge in [0.15, 0.2) is 17.3 Å². The first-order chi connectivity index (χ1) is 18.5. The van der Waals surface area contributed by atoms with Gasteiger partial charge in [0, 0.05) is 28.8 Å². The maximum absolute atomic E-state index is 13.3. The molecule has 0 radical (unpaired) electrons. The zero-order valence-electron chi connectivity index (χ0n) is 20.3. The first-order valence-electron chi connectivity index (χ1n) is 12.3. The van der Waals surface area contributed by atoms with E-state index in [0.717, 1.165) is 27.6 Å². The van der Waals surface area contributed by atoms with E-state index in [-0.39, 0.29) is 37.1 Å². The summed E-state index contributed by atoms with van der Waals surface area (Å²) < 4.78 is 22.2. The van der Waals surface area contributed by atoms with Crippen molar-refractivity contribution in [2.24, 2.45) is 11.8 Å². The standard InChI is InChI=1S/C29H22N2O7/c1-35-24-7-15(6-21(32)28(24)33)25-17-8-22-23(38-13-37-22)9-18(17)27(19-12-36-29(34)26(19)25)31-20-11-30-10-14-4-2-3-5-16(14)20/h2-11,19,25-27,31H,12-13H2,1H3/t19-,25+,26-,27+/m0/s1. The van der Waals surface area contributed by atoms with Gasteiger partial charge in [-0.3, -0.25) is 19.4 Å². The number of fused-ring (bicyclic) bond motifs is 4. The topological polar surface area (TPSA) is 113 Å². The molecule has 0 saturated carbocycles. The molecule has 1 fully saturated rings. The summed E-state index contributed by atoms with van der Waals surface area (Å²) in [7, 11) is 1.34. The van der Waals surface area contributed by atoms with Crippen LogP contribution in [0, 0.1) is 11.8 Å². The van der Waals surface area contributed by atoms with Crippen LogP contribution < -0.4 is 14.8 Å². The molecule has 3 aromatic rings. The molecule has 0 spiro atoms. The van der Waals surface area contributed by atoms with Gasteiger partial charge in [-0.15, -0.1) is 0 Å². The first kappa shape index (κ1) is 22.5. The lowest BCUT2D eigenvalue weighted by Crippen LogP contribution is -2.38. The predicted molar refractivity (Wildman–Crippen MR) is 135 cm³/mol. The van der Waals surface area contributed by atoms with Gasteiger partial charge < -0.3 is 24.3 Å². The summed E-state index contributed by atoms with van der Waals surface area (Å²) in [5, 5.41) is 5.64. The first-order valence-corrected chi connectivity index (χ1v) is 12.3. The zero-order valence-corrected chi connectivity index (χ0v) is 20.3. The molecule has 2 aliphatic heterocycles. The van der Waals surface area contributed by atoms with E-state index in [0.29, 0.717) is 17.1 Å². The van der Waals surface area contributed by atoms with Crippen molar-refractivity contribution in [3.63, 3.8) is 0 Å². The number of benzene rings is 2. The van der Waals surface area contributed by atoms with Crippen LogP contribution in [0.5, 0.6) is 11.5 Å². The fraction of sp³-hybridized carbons (Fsp3) is 0.241. The van der Waals surface area contributed by atoms with Crippen molar-refractivity contribution in [2.75, 3.05) is 25.8 Å². The third-order valence-corrected chi connectivity index (χ3v) is 7.79. The Morgan fingerprint density at radius 2 is 1.76 bits per heavy atom. The second-order valence-electron chi connectivity index (χ2n) is 9.71. The number of anilines is 1. The van der Waals surface area contributed by atoms with Gasteiger partial charge in [-0.1, -0.05) is 24.3 Å². The van der Waals surface area contributed by atoms with Gasteiger partial charge in [-0.2, -0.15) is 0 Å². The predicted octanol–water partition coefficient (Wildman–Crippen LogP) is 3.61. The van der Waals surface area contributed by atoms with Gasteiger partial charge in [-0.25, -0.2) is 0 Å². The Morgan fingerprint density at radius 3 is 2.58 bits per heavy atom. The molecule has 4 aliphatic rings. The van der Waals surface area contributed by atoms with Gasteiger partial charge in [0.1, 0.15) is 0 Å². The Kier molecular flexibility index (Phi) is 5.01. The molecule has 2 aromatic carbocycles. The second kappa shape index (κ2) is 8.44. The van der Waals surface area contributed by atoms with Crippen LogP contribution in [0.4, 0.5) is 5.69 Å². The number of carbonyl (C=O) groups is 3. The quantitative estimate of drug-likeness (QED) is 0.319. The van der Waals surface area contributed by atoms with Crippen LogP contribution in [-0.2, 0) is 23.9 Å². The van der Waals surface area contributed by atoms with Crippen LogP contribution in [0.3, 0.4) is 0 Å². The largest absolute Gasteiger partial charge is 0.492 e. The number of esters is 1. The molecular formula is C29H22N2O7. The molecule has 1 aromatic heterocycles. The molecule has 4 atom stereocenters. The highest BCUT2D eigenvalue weighted by Crippen LogP contribution is 2.55. The van der Waals surface area contributed by atoms with Crippen LogP contribution in [0.1, 0.15) is 23.1 Å². The lowest BCUT2D eigenvalue weighted by Gasteiger charge is -2.40. The summed E-state index contributed by atoms with van der Waals surface area (Å²) >= 11 is 0. The number of ether oxygens (including phenoxy) is 4. The lowest BCUT2D eigenvalue weighted by molar-refractivity contribution is -0.141. The van der Waals surface area contributed by atoms with Crippen molar-refractivity contribution in [1.29, 1.82) is 0 Å². The normalized spacial score (nSPS) is 25.3. The molecule has 2 aliphatic carbocycles. The molecule has 1 saturated heterocycles. The van der Waals surface area contributed by atoms with Crippen molar-refractivity contribution in [2.45, 2.75) is 12.0 Å². The minimum Gasteiger partial charge on any atom is -0.492 e. The van der Waals surface area contributed by atoms with Crippen LogP contribution in [0.2, 0.25) is 0 Å². The summed E-state index contributed by atoms with van der Waals surface area (Å²) in [5.74, 6) is -2.09. The summed E-state index contributed by atoms with van der Waals surface area (Å²) in [6.45, 7) is 0.289. The van der Waals surface area contributed by atoms with Gasteiger partial charge in [0.25, 0.3) is 5.78 Å². The Balaban J connectivity index is 1.42. The monoisotopic (exact) mass is 510 g/mol. The van der Waals surface area contributed by atoms with E-state index in [4.69, 9.17) is 18.9 Å². The van der Waals surface area contributed by atoms with Crippen LogP contribution >= 0.6 is 0 Å². The van der Waals surface area contributed by atoms with Gasteiger partial charge >= 0.3 is 5.97 Å². The van der Waals surface area contributed by atoms with Crippen molar-refractivity contribution < 1.29 is 33.3 Å². The second-order valence-corrected chi connectivity index (χ2v) is 9.71. The third-order valence-electron chi connectivity index (χ3n) is 7.79. The van der Waals surface area contributed by atoms with E-state index in [9.17, 15) is 14.4 Å². The SMILES string of the molecule is COC1=CC([C@@H]2c3cc4c(cc3[C@@H](Nc3cncc5ccccc35)[C@H]3COC(=O)[C@@H]32)OCO4)=CC(=O)C1=O. The van der Waals surface area contributed by atoms with E-state index in [1.165, 1.54) is 13.2 Å². The number of cyclic esters (lactones) is 1. The summed E-state index contributed by atoms with van der Waals surface area (Å²) in [6.07, 6.45) is 6.43. The van der Waals surface area contributed by atoms with Crippen molar-refractivity contribution in [1.82, 2.24) is 4.98 Å². The fourth-order valence-electron chi connectivity index (χ4n) is 6.07. The smallest absolute Gasteiger partial charge is 0.310 e. The molecule has 190 valence electrons. The van der Waals surface area contributed by atoms with Gasteiger partial charge in [-0.05, 0) is 41.0 Å². The highest BCUT2D eigenvalue weighted by atomic mass is 16.7. The Labute approximate surface area is 217 Å². The number of Topliss-reactive ketones (excluding diaryl/α,β-unsaturated/α-hetero) is 1. The number of allylic oxidation sites excluding steroid dienone is 4. The van der Waals surface area contributed by atoms with Crippen LogP contribution in [-0.4, -0.2) is 43.0 Å². The van der Waals surface area contributed by atoms with Crippen LogP contribution in [0.15, 0.2) is 72.3 Å². The maximum atomic E-state index is 13.3. The van der Waals surface area contributed by atoms with E-state index >= 15 is 0 Å². The zero-order chi connectivity index (χ0) is 26.0. The Hall–Kier alpha value is -4.66. The molecule has 9 heteroatoms. The van der Waals surface area contributed by atoms with Gasteiger partial charge in [0.05, 0.1) is 37.6 Å². The molecule has 3 heterocycles. The minimum absolute atomic E-state index is 0.0558. The molecule has 0 unspecified atom stereocenters. The van der Waals surface area contributed by atoms with E-state index in [2.05, 4.69) is 10.3 Å². The number of pyridine rings is 1. The fourth-order valence-corrected chi connectivity index (χ4v) is 6.07. The van der Waals surface area contributed by atoms with E-state index < -0.39 is 23.4 Å². The number of nitrogens with zero attached hydrogens (tertiary/aromatic N) is 1. The third kappa shape index (κ3) is 3.31. The Morgan fingerprint density at radius 1 is 0.974 bits per heavy atom. The van der Waals surface area contributed by atoms with Crippen molar-refractivity contribution in [3.05, 3.63) is 83.4 Å². The number of hydrogen-bond donors (Lipinski definition) is 1. The number of aromatic nitrogens is 1. The molecule has 7 rings (SSSR count). The summed E-state index contributed by atoms with van der Waals surface area (Å²) in [6, 6.07) is 11.4. The highest BCUT2D eigenvalue weighted by molar-refractivity contribution is 6.47. The van der Waals surface area contributed by atoms with Crippen molar-refractivity contribution in [3.8, 4) is 11.5 Å². The lowest BCUT2D eigenvalue weighted by atomic mass is 9.64. The van der Waals surface area contributed by atoms with Crippen molar-refractivity contribution >= 4 is 34.0 Å². The van der Waals surface area contributed by atoms with E-state index in [1.54, 1.807) is 12.3 Å². The molecule has 0 bridgehead atoms. The van der Waals surface area contributed by atoms with Gasteiger partial charge in [0.2, 0.25) is 12.6 Å². The number of hydrogen-bond acceptors (Lipinski definition) is 9. The minimum atomic E-state index is -0.716. The number of rotatable bonds is 4. The molecule has 0 amide bonds. The number of nitrogens with one attached hydrogen (secondary N) is 1. The molecule has 9 nitrogen and oxygen atoms in total. The highest BCUT2D eigenvalue weighted by Gasteiger charge is 2.53. The number of methoxy groups -OCH3 is 1. The average Bonchev–Trinajstić information content (AvgIpc) is 3.55. The molecular weight excluding hydrogens is 488 g/mol. The van der Waals surface area contributed by atoms with E-state index in [1.807, 2.05) is 42.6 Å². The number of ketones is 2. The average molecular weight is 511 g/mol. The maximum Gasteiger partial charge on any atom is 0.310 e. The Bertz CT molecular complexity index is 1600. The summed E-state index contributed by atoms with van der Waals surface area (Å²) in [4.78, 5) is 42.6. The summed E-state index contributed by atoms with van der Waals surface area (Å²) in [5.41, 5.74) is 3.03.